The van der Waals surface area contributed by atoms with Crippen LogP contribution in [0.15, 0.2) is 35.9 Å². The molecule has 5 rings (SSSR count). The summed E-state index contributed by atoms with van der Waals surface area (Å²) in [6.07, 6.45) is 10.4. The summed E-state index contributed by atoms with van der Waals surface area (Å²) in [5.74, 6) is 1.94. The molecule has 0 N–H and O–H groups in total. The van der Waals surface area contributed by atoms with Crippen LogP contribution in [0, 0.1) is 17.3 Å². The van der Waals surface area contributed by atoms with Crippen molar-refractivity contribution in [1.29, 1.82) is 0 Å². The van der Waals surface area contributed by atoms with E-state index in [0.29, 0.717) is 5.41 Å². The summed E-state index contributed by atoms with van der Waals surface area (Å²) < 4.78 is 0. The van der Waals surface area contributed by atoms with Crippen molar-refractivity contribution in [1.82, 2.24) is 9.80 Å². The van der Waals surface area contributed by atoms with Crippen LogP contribution in [0.25, 0.3) is 0 Å². The van der Waals surface area contributed by atoms with Gasteiger partial charge in [-0.2, -0.15) is 0 Å². The van der Waals surface area contributed by atoms with Crippen LogP contribution >= 0.6 is 0 Å². The fourth-order valence-electron chi connectivity index (χ4n) is 7.10. The third kappa shape index (κ3) is 3.53. The predicted molar refractivity (Wildman–Crippen MR) is 122 cm³/mol. The van der Waals surface area contributed by atoms with Crippen molar-refractivity contribution in [2.24, 2.45) is 17.3 Å². The number of rotatable bonds is 2. The minimum Gasteiger partial charge on any atom is -0.338 e. The number of nitrogens with zero attached hydrogens (tertiary/aromatic N) is 2. The molecule has 3 heteroatoms. The van der Waals surface area contributed by atoms with Gasteiger partial charge in [-0.25, -0.2) is 0 Å². The third-order valence-corrected chi connectivity index (χ3v) is 9.00. The van der Waals surface area contributed by atoms with Crippen molar-refractivity contribution in [2.45, 2.75) is 71.3 Å². The fourth-order valence-corrected chi connectivity index (χ4v) is 7.10. The molecule has 2 heterocycles. The summed E-state index contributed by atoms with van der Waals surface area (Å²) in [7, 11) is 0. The maximum atomic E-state index is 12.2. The Bertz CT molecular complexity index is 846. The lowest BCUT2D eigenvalue weighted by atomic mass is 9.68. The molecule has 0 aromatic heterocycles. The Balaban J connectivity index is 1.30. The smallest absolute Gasteiger partial charge is 0.219 e. The average Bonchev–Trinajstić information content (AvgIpc) is 2.89. The molecular weight excluding hydrogens is 368 g/mol. The summed E-state index contributed by atoms with van der Waals surface area (Å²) in [5.41, 5.74) is 5.27. The molecule has 4 aliphatic rings. The Hall–Kier alpha value is -1.61. The van der Waals surface area contributed by atoms with E-state index in [4.69, 9.17) is 0 Å². The minimum absolute atomic E-state index is 0.148. The highest BCUT2D eigenvalue weighted by Crippen LogP contribution is 2.52. The van der Waals surface area contributed by atoms with Crippen LogP contribution in [0.5, 0.6) is 0 Å². The largest absolute Gasteiger partial charge is 0.338 e. The molecule has 0 unspecified atom stereocenters. The van der Waals surface area contributed by atoms with Gasteiger partial charge in [-0.3, -0.25) is 9.69 Å². The van der Waals surface area contributed by atoms with E-state index < -0.39 is 0 Å². The second kappa shape index (κ2) is 7.51. The van der Waals surface area contributed by atoms with Gasteiger partial charge in [-0.05, 0) is 80.0 Å². The highest BCUT2D eigenvalue weighted by molar-refractivity contribution is 5.74. The molecule has 162 valence electrons. The SMILES string of the molecule is CC(=O)N1Cc2ccccc2C2(CCN(CC3=CCC[C@@H]4C[C@@H]3CC4(C)C)CC2)C1. The molecule has 1 aromatic rings. The standard InChI is InChI=1S/C27H38N2O/c1-20(30)29-18-22-7-4-5-10-25(22)27(19-29)11-13-28(14-12-27)17-21-8-6-9-24-15-23(21)16-26(24,2)3/h4-5,7-8,10,23-24H,6,9,11-19H2,1-3H3/t23-,24-/m1/s1. The Morgan fingerprint density at radius 3 is 2.70 bits per heavy atom. The number of benzene rings is 1. The molecule has 2 fully saturated rings. The number of piperidine rings is 1. The number of hydrogen-bond acceptors (Lipinski definition) is 2. The van der Waals surface area contributed by atoms with E-state index in [1.165, 1.54) is 56.2 Å². The molecule has 3 nitrogen and oxygen atoms in total. The van der Waals surface area contributed by atoms with Crippen molar-refractivity contribution in [2.75, 3.05) is 26.2 Å². The van der Waals surface area contributed by atoms with Crippen LogP contribution in [0.2, 0.25) is 0 Å². The zero-order valence-corrected chi connectivity index (χ0v) is 19.1. The van der Waals surface area contributed by atoms with E-state index in [1.807, 2.05) is 0 Å². The van der Waals surface area contributed by atoms with E-state index >= 15 is 0 Å². The van der Waals surface area contributed by atoms with E-state index in [2.05, 4.69) is 54.0 Å². The molecule has 1 amide bonds. The number of amides is 1. The van der Waals surface area contributed by atoms with Gasteiger partial charge in [0.25, 0.3) is 0 Å². The fraction of sp³-hybridized carbons (Fsp3) is 0.667. The van der Waals surface area contributed by atoms with Crippen molar-refractivity contribution in [3.63, 3.8) is 0 Å². The Morgan fingerprint density at radius 1 is 1.17 bits per heavy atom. The molecule has 1 saturated carbocycles. The first-order valence-corrected chi connectivity index (χ1v) is 12.1. The van der Waals surface area contributed by atoms with Crippen LogP contribution in [0.1, 0.15) is 70.4 Å². The van der Waals surface area contributed by atoms with Gasteiger partial charge in [0.2, 0.25) is 5.91 Å². The van der Waals surface area contributed by atoms with Crippen LogP contribution in [-0.4, -0.2) is 41.9 Å². The summed E-state index contributed by atoms with van der Waals surface area (Å²) >= 11 is 0. The molecule has 1 spiro atoms. The topological polar surface area (TPSA) is 23.6 Å². The normalized spacial score (nSPS) is 30.0. The summed E-state index contributed by atoms with van der Waals surface area (Å²) in [5, 5.41) is 0. The molecule has 1 aromatic carbocycles. The van der Waals surface area contributed by atoms with Gasteiger partial charge in [0.05, 0.1) is 0 Å². The van der Waals surface area contributed by atoms with E-state index in [1.54, 1.807) is 12.5 Å². The molecule has 2 aliphatic carbocycles. The number of fused-ring (bicyclic) bond motifs is 4. The van der Waals surface area contributed by atoms with Crippen LogP contribution in [0.3, 0.4) is 0 Å². The van der Waals surface area contributed by atoms with E-state index in [-0.39, 0.29) is 11.3 Å². The summed E-state index contributed by atoms with van der Waals surface area (Å²) in [6.45, 7) is 11.9. The van der Waals surface area contributed by atoms with Gasteiger partial charge in [-0.15, -0.1) is 0 Å². The van der Waals surface area contributed by atoms with Gasteiger partial charge < -0.3 is 4.90 Å². The Kier molecular flexibility index (Phi) is 5.08. The molecule has 2 bridgehead atoms. The average molecular weight is 407 g/mol. The lowest BCUT2D eigenvalue weighted by molar-refractivity contribution is -0.131. The lowest BCUT2D eigenvalue weighted by Gasteiger charge is -2.48. The van der Waals surface area contributed by atoms with Crippen molar-refractivity contribution < 1.29 is 4.79 Å². The highest BCUT2D eigenvalue weighted by Gasteiger charge is 2.44. The second-order valence-corrected chi connectivity index (χ2v) is 11.3. The maximum absolute atomic E-state index is 12.2. The summed E-state index contributed by atoms with van der Waals surface area (Å²) in [4.78, 5) is 17.0. The lowest BCUT2D eigenvalue weighted by Crippen LogP contribution is -2.53. The highest BCUT2D eigenvalue weighted by atomic mass is 16.2. The third-order valence-electron chi connectivity index (χ3n) is 9.00. The number of likely N-dealkylation sites (tertiary alicyclic amines) is 1. The molecule has 2 aliphatic heterocycles. The number of carbonyl (C=O) groups is 1. The van der Waals surface area contributed by atoms with Crippen LogP contribution in [0.4, 0.5) is 0 Å². The molecular formula is C27H38N2O. The van der Waals surface area contributed by atoms with Gasteiger partial charge in [-0.1, -0.05) is 49.8 Å². The summed E-state index contributed by atoms with van der Waals surface area (Å²) in [6, 6.07) is 8.87. The molecule has 0 radical (unpaired) electrons. The van der Waals surface area contributed by atoms with Crippen molar-refractivity contribution in [3.8, 4) is 0 Å². The van der Waals surface area contributed by atoms with Crippen LogP contribution in [-0.2, 0) is 16.8 Å². The molecule has 1 saturated heterocycles. The zero-order valence-electron chi connectivity index (χ0n) is 19.1. The van der Waals surface area contributed by atoms with Gasteiger partial charge in [0.1, 0.15) is 0 Å². The number of hydrogen-bond donors (Lipinski definition) is 0. The molecule has 30 heavy (non-hydrogen) atoms. The Labute approximate surface area is 182 Å². The van der Waals surface area contributed by atoms with Gasteiger partial charge in [0.15, 0.2) is 0 Å². The van der Waals surface area contributed by atoms with Gasteiger partial charge >= 0.3 is 0 Å². The first kappa shape index (κ1) is 20.3. The zero-order chi connectivity index (χ0) is 20.9. The van der Waals surface area contributed by atoms with Gasteiger partial charge in [0, 0.05) is 32.0 Å². The maximum Gasteiger partial charge on any atom is 0.219 e. The predicted octanol–water partition coefficient (Wildman–Crippen LogP) is 5.15. The minimum atomic E-state index is 0.148. The van der Waals surface area contributed by atoms with E-state index in [9.17, 15) is 4.79 Å². The number of allylic oxidation sites excluding steroid dienone is 1. The van der Waals surface area contributed by atoms with E-state index in [0.717, 1.165) is 38.0 Å². The Morgan fingerprint density at radius 2 is 1.93 bits per heavy atom. The second-order valence-electron chi connectivity index (χ2n) is 11.3. The van der Waals surface area contributed by atoms with Crippen molar-refractivity contribution >= 4 is 5.91 Å². The van der Waals surface area contributed by atoms with Crippen LogP contribution < -0.4 is 0 Å². The quantitative estimate of drug-likeness (QED) is 0.634. The number of carbonyl (C=O) groups excluding carboxylic acids is 1. The van der Waals surface area contributed by atoms with Crippen molar-refractivity contribution in [3.05, 3.63) is 47.0 Å². The first-order chi connectivity index (χ1) is 14.4. The first-order valence-electron chi connectivity index (χ1n) is 12.1. The monoisotopic (exact) mass is 406 g/mol. The molecule has 2 atom stereocenters.